The fraction of sp³-hybridized carbons (Fsp3) is 0.290. The van der Waals surface area contributed by atoms with Crippen molar-refractivity contribution in [2.45, 2.75) is 19.1 Å². The Balaban J connectivity index is 1.08. The zero-order valence-electron chi connectivity index (χ0n) is 23.8. The molecule has 216 valence electrons. The van der Waals surface area contributed by atoms with Gasteiger partial charge in [0.1, 0.15) is 23.3 Å². The lowest BCUT2D eigenvalue weighted by Gasteiger charge is -2.37. The number of hydrogen-bond acceptors (Lipinski definition) is 6. The van der Waals surface area contributed by atoms with Crippen LogP contribution in [-0.2, 0) is 22.7 Å². The number of ether oxygens (including phenoxy) is 1. The van der Waals surface area contributed by atoms with Crippen LogP contribution in [-0.4, -0.2) is 87.8 Å². The fourth-order valence-electron chi connectivity index (χ4n) is 5.49. The van der Waals surface area contributed by atoms with E-state index in [9.17, 15) is 14.4 Å². The number of fused-ring (bicyclic) bond motifs is 2. The average molecular weight is 568 g/mol. The molecule has 0 saturated carbocycles. The SMILES string of the molecule is COc1ccc2c(/C=C/C(=O)N3CCn4cc(C(=O)Nc5ccc(C6C(=O)N(C)CCN6C)cc5)nc4C3)c[nH]c2c1. The van der Waals surface area contributed by atoms with E-state index in [0.717, 1.165) is 34.3 Å². The highest BCUT2D eigenvalue weighted by Gasteiger charge is 2.32. The smallest absolute Gasteiger partial charge is 0.275 e. The van der Waals surface area contributed by atoms with E-state index < -0.39 is 0 Å². The summed E-state index contributed by atoms with van der Waals surface area (Å²) < 4.78 is 7.19. The monoisotopic (exact) mass is 567 g/mol. The third-order valence-electron chi connectivity index (χ3n) is 8.00. The van der Waals surface area contributed by atoms with E-state index >= 15 is 0 Å². The topological polar surface area (TPSA) is 116 Å². The van der Waals surface area contributed by atoms with Crippen molar-refractivity contribution in [3.63, 3.8) is 0 Å². The average Bonchev–Trinajstić information content (AvgIpc) is 3.62. The van der Waals surface area contributed by atoms with Gasteiger partial charge in [-0.1, -0.05) is 12.1 Å². The van der Waals surface area contributed by atoms with Gasteiger partial charge in [0.05, 0.1) is 13.7 Å². The summed E-state index contributed by atoms with van der Waals surface area (Å²) in [7, 11) is 5.39. The quantitative estimate of drug-likeness (QED) is 0.346. The van der Waals surface area contributed by atoms with Gasteiger partial charge in [-0.3, -0.25) is 19.3 Å². The number of hydrogen-bond donors (Lipinski definition) is 2. The molecule has 1 fully saturated rings. The minimum absolute atomic E-state index is 0.0613. The summed E-state index contributed by atoms with van der Waals surface area (Å²) >= 11 is 0. The summed E-state index contributed by atoms with van der Waals surface area (Å²) in [5.41, 5.74) is 3.64. The number of aromatic nitrogens is 3. The molecular formula is C31H33N7O4. The second-order valence-electron chi connectivity index (χ2n) is 10.7. The van der Waals surface area contributed by atoms with Crippen molar-refractivity contribution < 1.29 is 19.1 Å². The molecule has 2 aliphatic rings. The number of carbonyl (C=O) groups is 3. The minimum Gasteiger partial charge on any atom is -0.497 e. The van der Waals surface area contributed by atoms with E-state index in [-0.39, 0.29) is 29.5 Å². The summed E-state index contributed by atoms with van der Waals surface area (Å²) in [6.45, 7) is 2.89. The number of piperazine rings is 1. The van der Waals surface area contributed by atoms with Crippen LogP contribution >= 0.6 is 0 Å². The molecule has 0 radical (unpaired) electrons. The van der Waals surface area contributed by atoms with Gasteiger partial charge >= 0.3 is 0 Å². The number of benzene rings is 2. The lowest BCUT2D eigenvalue weighted by Crippen LogP contribution is -2.48. The summed E-state index contributed by atoms with van der Waals surface area (Å²) in [6.07, 6.45) is 6.96. The molecule has 1 atom stereocenters. The number of H-pyrrole nitrogens is 1. The Morgan fingerprint density at radius 3 is 2.67 bits per heavy atom. The molecule has 3 amide bonds. The molecule has 11 nitrogen and oxygen atoms in total. The molecule has 2 aromatic heterocycles. The maximum atomic E-state index is 13.0. The predicted molar refractivity (Wildman–Crippen MR) is 159 cm³/mol. The van der Waals surface area contributed by atoms with Crippen LogP contribution in [0.2, 0.25) is 0 Å². The number of nitrogens with one attached hydrogen (secondary N) is 2. The van der Waals surface area contributed by atoms with Gasteiger partial charge in [0.15, 0.2) is 0 Å². The van der Waals surface area contributed by atoms with Crippen molar-refractivity contribution in [3.05, 3.63) is 83.6 Å². The van der Waals surface area contributed by atoms with Crippen LogP contribution in [0.1, 0.15) is 33.5 Å². The largest absolute Gasteiger partial charge is 0.497 e. The number of likely N-dealkylation sites (N-methyl/N-ethyl adjacent to an activating group) is 2. The molecule has 11 heteroatoms. The van der Waals surface area contributed by atoms with E-state index in [2.05, 4.69) is 15.3 Å². The molecule has 2 aliphatic heterocycles. The maximum Gasteiger partial charge on any atom is 0.275 e. The van der Waals surface area contributed by atoms with Crippen LogP contribution in [0.5, 0.6) is 5.75 Å². The Labute approximate surface area is 243 Å². The first-order valence-electron chi connectivity index (χ1n) is 13.9. The number of amides is 3. The van der Waals surface area contributed by atoms with E-state index in [0.29, 0.717) is 37.7 Å². The Kier molecular flexibility index (Phi) is 7.26. The van der Waals surface area contributed by atoms with Crippen molar-refractivity contribution in [2.75, 3.05) is 46.2 Å². The summed E-state index contributed by atoms with van der Waals surface area (Å²) in [5.74, 6) is 1.03. The van der Waals surface area contributed by atoms with Crippen LogP contribution < -0.4 is 10.1 Å². The molecule has 4 heterocycles. The normalized spacial score (nSPS) is 17.6. The molecule has 2 N–H and O–H groups in total. The zero-order chi connectivity index (χ0) is 29.4. The predicted octanol–water partition coefficient (Wildman–Crippen LogP) is 3.13. The fourth-order valence-corrected chi connectivity index (χ4v) is 5.49. The minimum atomic E-state index is -0.333. The highest BCUT2D eigenvalue weighted by Crippen LogP contribution is 2.27. The second kappa shape index (κ2) is 11.2. The molecule has 1 unspecified atom stereocenters. The van der Waals surface area contributed by atoms with Crippen LogP contribution in [0.4, 0.5) is 5.69 Å². The number of carbonyl (C=O) groups excluding carboxylic acids is 3. The Morgan fingerprint density at radius 1 is 1.07 bits per heavy atom. The first kappa shape index (κ1) is 27.3. The maximum absolute atomic E-state index is 13.0. The molecule has 2 aromatic carbocycles. The molecule has 0 aliphatic carbocycles. The van der Waals surface area contributed by atoms with Crippen LogP contribution in [0.15, 0.2) is 60.9 Å². The molecule has 1 saturated heterocycles. The van der Waals surface area contributed by atoms with Gasteiger partial charge in [-0.25, -0.2) is 4.98 Å². The number of methoxy groups -OCH3 is 1. The number of rotatable bonds is 6. The van der Waals surface area contributed by atoms with Crippen LogP contribution in [0, 0.1) is 0 Å². The van der Waals surface area contributed by atoms with Gasteiger partial charge in [0, 0.05) is 74.4 Å². The van der Waals surface area contributed by atoms with Crippen molar-refractivity contribution in [2.24, 2.45) is 0 Å². The molecular weight excluding hydrogens is 534 g/mol. The number of aromatic amines is 1. The second-order valence-corrected chi connectivity index (χ2v) is 10.7. The van der Waals surface area contributed by atoms with Gasteiger partial charge < -0.3 is 29.4 Å². The van der Waals surface area contributed by atoms with Crippen molar-refractivity contribution in [3.8, 4) is 5.75 Å². The van der Waals surface area contributed by atoms with E-state index in [1.807, 2.05) is 60.1 Å². The van der Waals surface area contributed by atoms with Gasteiger partial charge in [0.2, 0.25) is 11.8 Å². The number of anilines is 1. The first-order chi connectivity index (χ1) is 20.3. The van der Waals surface area contributed by atoms with Gasteiger partial charge in [-0.15, -0.1) is 0 Å². The Bertz CT molecular complexity index is 1690. The van der Waals surface area contributed by atoms with E-state index in [4.69, 9.17) is 4.74 Å². The highest BCUT2D eigenvalue weighted by atomic mass is 16.5. The van der Waals surface area contributed by atoms with Crippen LogP contribution in [0.25, 0.3) is 17.0 Å². The third kappa shape index (κ3) is 5.26. The molecule has 0 spiro atoms. The number of nitrogens with zero attached hydrogens (tertiary/aromatic N) is 5. The van der Waals surface area contributed by atoms with Crippen molar-refractivity contribution >= 4 is 40.4 Å². The highest BCUT2D eigenvalue weighted by molar-refractivity contribution is 6.03. The third-order valence-corrected chi connectivity index (χ3v) is 8.00. The van der Waals surface area contributed by atoms with Crippen LogP contribution in [0.3, 0.4) is 0 Å². The van der Waals surface area contributed by atoms with Gasteiger partial charge in [-0.05, 0) is 48.5 Å². The summed E-state index contributed by atoms with van der Waals surface area (Å²) in [6, 6.07) is 12.8. The molecule has 0 bridgehead atoms. The Morgan fingerprint density at radius 2 is 1.88 bits per heavy atom. The van der Waals surface area contributed by atoms with E-state index in [1.54, 1.807) is 47.4 Å². The van der Waals surface area contributed by atoms with Crippen molar-refractivity contribution in [1.82, 2.24) is 29.2 Å². The lowest BCUT2D eigenvalue weighted by molar-refractivity contribution is -0.139. The molecule has 6 rings (SSSR count). The first-order valence-corrected chi connectivity index (χ1v) is 13.9. The standard InChI is InChI=1S/C31H33N7O4/c1-35-12-13-36(2)31(41)29(35)20-4-7-22(8-5-20)33-30(40)26-18-37-14-15-38(19-27(37)34-26)28(39)11-6-21-17-32-25-16-23(42-3)9-10-24(21)25/h4-11,16-18,29,32H,12-15,19H2,1-3H3,(H,33,40)/b11-6+. The molecule has 42 heavy (non-hydrogen) atoms. The van der Waals surface area contributed by atoms with Gasteiger partial charge in [0.25, 0.3) is 5.91 Å². The molecule has 4 aromatic rings. The van der Waals surface area contributed by atoms with Gasteiger partial charge in [-0.2, -0.15) is 0 Å². The number of imidazole rings is 1. The van der Waals surface area contributed by atoms with Crippen molar-refractivity contribution in [1.29, 1.82) is 0 Å². The van der Waals surface area contributed by atoms with E-state index in [1.165, 1.54) is 0 Å². The Hall–Kier alpha value is -4.90. The summed E-state index contributed by atoms with van der Waals surface area (Å²) in [5, 5.41) is 3.90. The lowest BCUT2D eigenvalue weighted by atomic mass is 10.0. The zero-order valence-corrected chi connectivity index (χ0v) is 23.8. The summed E-state index contributed by atoms with van der Waals surface area (Å²) in [4.78, 5) is 51.9.